The quantitative estimate of drug-likeness (QED) is 0.233. The number of piperidine rings is 2. The summed E-state index contributed by atoms with van der Waals surface area (Å²) < 4.78 is 56.6. The number of aromatic amines is 1. The van der Waals surface area contributed by atoms with E-state index in [1.54, 1.807) is 17.8 Å². The summed E-state index contributed by atoms with van der Waals surface area (Å²) in [5, 5.41) is 5.35. The van der Waals surface area contributed by atoms with E-state index in [-0.39, 0.29) is 35.5 Å². The van der Waals surface area contributed by atoms with Gasteiger partial charge < -0.3 is 29.6 Å². The van der Waals surface area contributed by atoms with Gasteiger partial charge in [0.05, 0.1) is 29.3 Å². The summed E-state index contributed by atoms with van der Waals surface area (Å²) in [6.45, 7) is 8.14. The number of benzene rings is 2. The molecule has 0 saturated carbocycles. The fourth-order valence-corrected chi connectivity index (χ4v) is 8.49. The second-order valence-electron chi connectivity index (χ2n) is 14.3. The Morgan fingerprint density at radius 3 is 2.34 bits per heavy atom. The summed E-state index contributed by atoms with van der Waals surface area (Å²) in [4.78, 5) is 50.0. The van der Waals surface area contributed by atoms with Crippen LogP contribution in [0.4, 0.5) is 24.5 Å². The predicted molar refractivity (Wildman–Crippen MR) is 197 cm³/mol. The van der Waals surface area contributed by atoms with E-state index in [0.29, 0.717) is 53.7 Å². The number of carbonyl (C=O) groups is 2. The molecule has 1 unspecified atom stereocenters. The van der Waals surface area contributed by atoms with E-state index in [2.05, 4.69) is 30.4 Å². The van der Waals surface area contributed by atoms with Crippen molar-refractivity contribution in [2.24, 2.45) is 5.92 Å². The maximum atomic E-state index is 15.1. The van der Waals surface area contributed by atoms with Crippen LogP contribution in [0.1, 0.15) is 44.3 Å². The van der Waals surface area contributed by atoms with Gasteiger partial charge in [-0.2, -0.15) is 11.8 Å². The number of nitrogens with one attached hydrogen (secondary N) is 3. The number of ether oxygens (including phenoxy) is 2. The first kappa shape index (κ1) is 37.5. The minimum absolute atomic E-state index is 0.0526. The van der Waals surface area contributed by atoms with Crippen LogP contribution < -0.4 is 25.8 Å². The normalized spacial score (nSPS) is 21.3. The van der Waals surface area contributed by atoms with E-state index in [1.807, 2.05) is 4.90 Å². The molecule has 4 saturated heterocycles. The third-order valence-electron chi connectivity index (χ3n) is 10.7. The minimum atomic E-state index is -0.797. The van der Waals surface area contributed by atoms with Crippen molar-refractivity contribution in [1.29, 1.82) is 0 Å². The fraction of sp³-hybridized carbons (Fsp3) is 0.568. The molecule has 286 valence electrons. The van der Waals surface area contributed by atoms with Crippen LogP contribution in [0.5, 0.6) is 5.75 Å². The topological polar surface area (TPSA) is 132 Å². The zero-order valence-corrected chi connectivity index (χ0v) is 30.5. The minimum Gasteiger partial charge on any atom is -0.493 e. The average molecular weight is 758 g/mol. The Hall–Kier alpha value is -3.86. The molecule has 2 amide bonds. The number of nitrogens with zero attached hydrogens (tertiary/aromatic N) is 4. The van der Waals surface area contributed by atoms with Crippen LogP contribution in [0.25, 0.3) is 10.9 Å². The van der Waals surface area contributed by atoms with Gasteiger partial charge in [-0.25, -0.2) is 18.2 Å². The third-order valence-corrected chi connectivity index (χ3v) is 12.0. The molecule has 0 bridgehead atoms. The maximum Gasteiger partial charge on any atom is 0.261 e. The zero-order chi connectivity index (χ0) is 36.9. The van der Waals surface area contributed by atoms with E-state index in [1.165, 1.54) is 12.1 Å². The molecule has 0 radical (unpaired) electrons. The van der Waals surface area contributed by atoms with E-state index in [4.69, 9.17) is 9.47 Å². The van der Waals surface area contributed by atoms with Gasteiger partial charge in [-0.1, -0.05) is 0 Å². The van der Waals surface area contributed by atoms with Crippen molar-refractivity contribution in [2.75, 3.05) is 82.4 Å². The number of hydrogen-bond acceptors (Lipinski definition) is 11. The third kappa shape index (κ3) is 9.45. The Morgan fingerprint density at radius 1 is 0.868 bits per heavy atom. The number of piperazine rings is 1. The molecule has 3 aromatic rings. The van der Waals surface area contributed by atoms with Crippen LogP contribution in [0.15, 0.2) is 29.1 Å². The lowest BCUT2D eigenvalue weighted by Gasteiger charge is -2.38. The van der Waals surface area contributed by atoms with E-state index in [9.17, 15) is 23.2 Å². The lowest BCUT2D eigenvalue weighted by atomic mass is 9.98. The summed E-state index contributed by atoms with van der Waals surface area (Å²) in [7, 11) is 0. The Bertz CT molecular complexity index is 1850. The fourth-order valence-electron chi connectivity index (χ4n) is 7.43. The van der Waals surface area contributed by atoms with E-state index in [0.717, 1.165) is 84.2 Å². The van der Waals surface area contributed by atoms with Crippen molar-refractivity contribution >= 4 is 45.9 Å². The highest BCUT2D eigenvalue weighted by molar-refractivity contribution is 7.99. The summed E-state index contributed by atoms with van der Waals surface area (Å²) in [6, 6.07) is 4.39. The van der Waals surface area contributed by atoms with Crippen molar-refractivity contribution in [1.82, 2.24) is 25.1 Å². The Balaban J connectivity index is 0.831. The maximum absolute atomic E-state index is 15.1. The molecular weight excluding hydrogens is 712 g/mol. The number of aromatic nitrogens is 2. The van der Waals surface area contributed by atoms with Gasteiger partial charge in [-0.3, -0.25) is 24.6 Å². The monoisotopic (exact) mass is 757 g/mol. The number of thioether (sulfide) groups is 1. The Kier molecular flexibility index (Phi) is 12.1. The second kappa shape index (κ2) is 17.1. The number of carbonyl (C=O) groups excluding carboxylic acids is 2. The summed E-state index contributed by atoms with van der Waals surface area (Å²) in [5.41, 5.74) is -0.0802. The van der Waals surface area contributed by atoms with Crippen LogP contribution in [0, 0.1) is 23.4 Å². The Morgan fingerprint density at radius 2 is 1.60 bits per heavy atom. The number of likely N-dealkylation sites (tertiary alicyclic amines) is 1. The second-order valence-corrected chi connectivity index (χ2v) is 15.6. The molecular formula is C37H46F3N7O5S. The SMILES string of the molecule is O=C1CCC(Nc2cc(F)c(N3CCN(CCN4CCC(COc5cc(F)c6c(=O)[nH]c(CSC7CCOCC7)nc6c5)CC4)CC3)cc2F)C(=O)N1. The molecule has 4 fully saturated rings. The van der Waals surface area contributed by atoms with Gasteiger partial charge in [0.15, 0.2) is 0 Å². The first-order valence-electron chi connectivity index (χ1n) is 18.5. The number of halogens is 3. The van der Waals surface area contributed by atoms with Crippen LogP contribution in [0.3, 0.4) is 0 Å². The highest BCUT2D eigenvalue weighted by Gasteiger charge is 2.29. The summed E-state index contributed by atoms with van der Waals surface area (Å²) >= 11 is 1.73. The zero-order valence-electron chi connectivity index (χ0n) is 29.6. The standard InChI is InChI=1S/C37H46F3N7O5S/c38-26-20-32(27(39)19-30(26)41-29-1-2-34(48)44-36(29)49)47-13-11-46(12-14-47)10-9-45-7-3-23(4-8-45)21-52-24-17-28(40)35-31(18-24)42-33(43-37(35)50)22-53-25-5-15-51-16-6-25/h17-20,23,25,29,41H,1-16,21-22H2,(H,42,43,50)(H,44,48,49). The van der Waals surface area contributed by atoms with Crippen molar-refractivity contribution in [3.63, 3.8) is 0 Å². The van der Waals surface area contributed by atoms with E-state index < -0.39 is 35.0 Å². The van der Waals surface area contributed by atoms with Crippen molar-refractivity contribution in [3.8, 4) is 5.75 Å². The average Bonchev–Trinajstić information content (AvgIpc) is 3.15. The lowest BCUT2D eigenvalue weighted by Crippen LogP contribution is -2.49. The molecule has 4 aliphatic heterocycles. The largest absolute Gasteiger partial charge is 0.493 e. The molecule has 5 heterocycles. The van der Waals surface area contributed by atoms with Gasteiger partial charge >= 0.3 is 0 Å². The molecule has 0 spiro atoms. The summed E-state index contributed by atoms with van der Waals surface area (Å²) in [6.07, 6.45) is 4.20. The molecule has 1 atom stereocenters. The van der Waals surface area contributed by atoms with Gasteiger partial charge in [0.25, 0.3) is 5.56 Å². The predicted octanol–water partition coefficient (Wildman–Crippen LogP) is 3.88. The van der Waals surface area contributed by atoms with Crippen molar-refractivity contribution in [3.05, 3.63) is 57.9 Å². The number of H-pyrrole nitrogens is 1. The van der Waals surface area contributed by atoms with Crippen molar-refractivity contribution in [2.45, 2.75) is 55.6 Å². The van der Waals surface area contributed by atoms with Gasteiger partial charge in [0.1, 0.15) is 40.5 Å². The molecule has 7 rings (SSSR count). The molecule has 53 heavy (non-hydrogen) atoms. The molecule has 12 nitrogen and oxygen atoms in total. The highest BCUT2D eigenvalue weighted by Crippen LogP contribution is 2.29. The van der Waals surface area contributed by atoms with Crippen LogP contribution in [0.2, 0.25) is 0 Å². The van der Waals surface area contributed by atoms with Gasteiger partial charge in [0, 0.05) is 88.4 Å². The van der Waals surface area contributed by atoms with Crippen LogP contribution >= 0.6 is 11.8 Å². The number of anilines is 2. The molecule has 2 aromatic carbocycles. The molecule has 1 aromatic heterocycles. The first-order valence-corrected chi connectivity index (χ1v) is 19.6. The van der Waals surface area contributed by atoms with Gasteiger partial charge in [0.2, 0.25) is 11.8 Å². The van der Waals surface area contributed by atoms with Crippen LogP contribution in [-0.4, -0.2) is 115 Å². The molecule has 16 heteroatoms. The molecule has 3 N–H and O–H groups in total. The van der Waals surface area contributed by atoms with Gasteiger partial charge in [-0.05, 0) is 51.1 Å². The number of amides is 2. The van der Waals surface area contributed by atoms with Crippen molar-refractivity contribution < 1.29 is 32.2 Å². The van der Waals surface area contributed by atoms with Gasteiger partial charge in [-0.15, -0.1) is 0 Å². The number of rotatable bonds is 12. The smallest absolute Gasteiger partial charge is 0.261 e. The molecule has 0 aliphatic carbocycles. The number of fused-ring (bicyclic) bond motifs is 1. The number of imide groups is 1. The number of hydrogen-bond donors (Lipinski definition) is 3. The van der Waals surface area contributed by atoms with Crippen LogP contribution in [-0.2, 0) is 20.1 Å². The first-order chi connectivity index (χ1) is 25.7. The lowest BCUT2D eigenvalue weighted by molar-refractivity contribution is -0.133. The summed E-state index contributed by atoms with van der Waals surface area (Å²) in [5.74, 6) is -0.994. The van der Waals surface area contributed by atoms with E-state index >= 15 is 4.39 Å². The highest BCUT2D eigenvalue weighted by atomic mass is 32.2. The molecule has 4 aliphatic rings. The Labute approximate surface area is 310 Å².